The average molecular weight is 234 g/mol. The highest BCUT2D eigenvalue weighted by Gasteiger charge is 2.24. The van der Waals surface area contributed by atoms with E-state index in [1.807, 2.05) is 0 Å². The van der Waals surface area contributed by atoms with Gasteiger partial charge in [0.25, 0.3) is 0 Å². The van der Waals surface area contributed by atoms with Crippen LogP contribution in [0.15, 0.2) is 0 Å². The number of hydrogen-bond donors (Lipinski definition) is 2. The van der Waals surface area contributed by atoms with Crippen molar-refractivity contribution in [2.45, 2.75) is 31.8 Å². The predicted octanol–water partition coefficient (Wildman–Crippen LogP) is 0.555. The van der Waals surface area contributed by atoms with Crippen molar-refractivity contribution in [3.8, 4) is 5.88 Å². The number of hydrogen-bond acceptors (Lipinski definition) is 5. The highest BCUT2D eigenvalue weighted by molar-refractivity contribution is 5.34. The summed E-state index contributed by atoms with van der Waals surface area (Å²) in [5.41, 5.74) is 2.25. The lowest BCUT2D eigenvalue weighted by Crippen LogP contribution is -2.27. The molecule has 92 valence electrons. The summed E-state index contributed by atoms with van der Waals surface area (Å²) in [5, 5.41) is 6.66. The lowest BCUT2D eigenvalue weighted by Gasteiger charge is -2.22. The molecule has 0 bridgehead atoms. The van der Waals surface area contributed by atoms with Gasteiger partial charge in [0.2, 0.25) is 5.88 Å². The number of nitrogens with zero attached hydrogens (tertiary/aromatic N) is 2. The van der Waals surface area contributed by atoms with Crippen molar-refractivity contribution in [2.75, 3.05) is 20.2 Å². The van der Waals surface area contributed by atoms with Crippen molar-refractivity contribution in [3.05, 3.63) is 17.1 Å². The Hall–Kier alpha value is -1.20. The minimum atomic E-state index is 0.482. The fraction of sp³-hybridized carbons (Fsp3) is 0.667. The Morgan fingerprint density at radius 2 is 1.94 bits per heavy atom. The van der Waals surface area contributed by atoms with Crippen LogP contribution in [-0.2, 0) is 13.1 Å². The molecule has 3 heterocycles. The molecule has 0 amide bonds. The third-order valence-corrected chi connectivity index (χ3v) is 3.56. The number of ether oxygens (including phenoxy) is 1. The van der Waals surface area contributed by atoms with Crippen molar-refractivity contribution in [1.29, 1.82) is 0 Å². The molecule has 5 nitrogen and oxygen atoms in total. The lowest BCUT2D eigenvalue weighted by molar-refractivity contribution is 0.381. The van der Waals surface area contributed by atoms with Gasteiger partial charge in [0.15, 0.2) is 0 Å². The van der Waals surface area contributed by atoms with Crippen LogP contribution in [0, 0.1) is 0 Å². The Morgan fingerprint density at radius 3 is 2.71 bits per heavy atom. The first kappa shape index (κ1) is 10.9. The van der Waals surface area contributed by atoms with E-state index in [1.165, 1.54) is 0 Å². The quantitative estimate of drug-likeness (QED) is 0.783. The van der Waals surface area contributed by atoms with Gasteiger partial charge < -0.3 is 15.4 Å². The van der Waals surface area contributed by atoms with Gasteiger partial charge in [-0.15, -0.1) is 0 Å². The number of nitrogens with one attached hydrogen (secondary N) is 2. The highest BCUT2D eigenvalue weighted by Crippen LogP contribution is 2.28. The van der Waals surface area contributed by atoms with Crippen LogP contribution >= 0.6 is 0 Å². The van der Waals surface area contributed by atoms with Crippen molar-refractivity contribution >= 4 is 0 Å². The van der Waals surface area contributed by atoms with Gasteiger partial charge in [-0.3, -0.25) is 0 Å². The molecular weight excluding hydrogens is 216 g/mol. The van der Waals surface area contributed by atoms with Gasteiger partial charge in [0.05, 0.1) is 18.4 Å². The molecule has 0 aliphatic carbocycles. The SMILES string of the molecule is COc1nc(C2CCNCC2)nc2c1CNC2. The average Bonchev–Trinajstić information content (AvgIpc) is 2.86. The molecule has 2 N–H and O–H groups in total. The van der Waals surface area contributed by atoms with E-state index < -0.39 is 0 Å². The minimum Gasteiger partial charge on any atom is -0.481 e. The van der Waals surface area contributed by atoms with Crippen molar-refractivity contribution in [2.24, 2.45) is 0 Å². The summed E-state index contributed by atoms with van der Waals surface area (Å²) in [6, 6.07) is 0. The van der Waals surface area contributed by atoms with E-state index in [0.717, 1.165) is 62.0 Å². The Morgan fingerprint density at radius 1 is 1.12 bits per heavy atom. The van der Waals surface area contributed by atoms with Crippen LogP contribution in [0.1, 0.15) is 35.8 Å². The zero-order valence-corrected chi connectivity index (χ0v) is 10.1. The fourth-order valence-corrected chi connectivity index (χ4v) is 2.59. The zero-order chi connectivity index (χ0) is 11.7. The molecule has 1 saturated heterocycles. The molecule has 3 rings (SSSR count). The topological polar surface area (TPSA) is 59.1 Å². The highest BCUT2D eigenvalue weighted by atomic mass is 16.5. The second-order valence-electron chi connectivity index (χ2n) is 4.64. The summed E-state index contributed by atoms with van der Waals surface area (Å²) in [5.74, 6) is 2.20. The smallest absolute Gasteiger partial charge is 0.221 e. The van der Waals surface area contributed by atoms with Gasteiger partial charge in [-0.05, 0) is 25.9 Å². The molecule has 1 aromatic rings. The fourth-order valence-electron chi connectivity index (χ4n) is 2.59. The second kappa shape index (κ2) is 4.58. The van der Waals surface area contributed by atoms with Crippen LogP contribution < -0.4 is 15.4 Å². The molecule has 1 fully saturated rings. The standard InChI is InChI=1S/C12H18N4O/c1-17-12-9-6-14-7-10(9)15-11(16-12)8-2-4-13-5-3-8/h8,13-14H,2-7H2,1H3. The van der Waals surface area contributed by atoms with E-state index in [1.54, 1.807) is 7.11 Å². The van der Waals surface area contributed by atoms with E-state index in [4.69, 9.17) is 9.72 Å². The Bertz CT molecular complexity index is 415. The number of aromatic nitrogens is 2. The largest absolute Gasteiger partial charge is 0.481 e. The molecule has 2 aliphatic rings. The first-order valence-electron chi connectivity index (χ1n) is 6.23. The first-order chi connectivity index (χ1) is 8.38. The van der Waals surface area contributed by atoms with Gasteiger partial charge in [0.1, 0.15) is 5.82 Å². The van der Waals surface area contributed by atoms with Gasteiger partial charge >= 0.3 is 0 Å². The molecule has 2 aliphatic heterocycles. The Balaban J connectivity index is 1.94. The third kappa shape index (κ3) is 2.00. The molecule has 0 radical (unpaired) electrons. The number of fused-ring (bicyclic) bond motifs is 1. The Kier molecular flexibility index (Phi) is 2.94. The predicted molar refractivity (Wildman–Crippen MR) is 64.0 cm³/mol. The normalized spacial score (nSPS) is 20.3. The molecule has 17 heavy (non-hydrogen) atoms. The Labute approximate surface area is 101 Å². The third-order valence-electron chi connectivity index (χ3n) is 3.56. The van der Waals surface area contributed by atoms with Crippen molar-refractivity contribution in [1.82, 2.24) is 20.6 Å². The van der Waals surface area contributed by atoms with Crippen LogP contribution in [0.25, 0.3) is 0 Å². The molecule has 0 unspecified atom stereocenters. The molecule has 0 atom stereocenters. The maximum atomic E-state index is 5.38. The van der Waals surface area contributed by atoms with Crippen molar-refractivity contribution < 1.29 is 4.74 Å². The van der Waals surface area contributed by atoms with Gasteiger partial charge in [0, 0.05) is 19.0 Å². The van der Waals surface area contributed by atoms with E-state index in [2.05, 4.69) is 15.6 Å². The van der Waals surface area contributed by atoms with Crippen LogP contribution in [0.2, 0.25) is 0 Å². The maximum absolute atomic E-state index is 5.38. The summed E-state index contributed by atoms with van der Waals surface area (Å²) in [7, 11) is 1.69. The number of piperidine rings is 1. The molecule has 5 heteroatoms. The van der Waals surface area contributed by atoms with Gasteiger partial charge in [-0.1, -0.05) is 0 Å². The van der Waals surface area contributed by atoms with Gasteiger partial charge in [-0.2, -0.15) is 4.98 Å². The summed E-state index contributed by atoms with van der Waals surface area (Å²) >= 11 is 0. The maximum Gasteiger partial charge on any atom is 0.221 e. The molecule has 1 aromatic heterocycles. The molecule has 0 spiro atoms. The van der Waals surface area contributed by atoms with E-state index in [0.29, 0.717) is 5.92 Å². The second-order valence-corrected chi connectivity index (χ2v) is 4.64. The first-order valence-corrected chi connectivity index (χ1v) is 6.23. The summed E-state index contributed by atoms with van der Waals surface area (Å²) < 4.78 is 5.38. The molecule has 0 saturated carbocycles. The monoisotopic (exact) mass is 234 g/mol. The summed E-state index contributed by atoms with van der Waals surface area (Å²) in [6.45, 7) is 3.79. The van der Waals surface area contributed by atoms with Crippen molar-refractivity contribution in [3.63, 3.8) is 0 Å². The zero-order valence-electron chi connectivity index (χ0n) is 10.1. The van der Waals surface area contributed by atoms with Crippen LogP contribution in [0.3, 0.4) is 0 Å². The number of methoxy groups -OCH3 is 1. The van der Waals surface area contributed by atoms with Crippen LogP contribution in [-0.4, -0.2) is 30.2 Å². The molecule has 0 aromatic carbocycles. The van der Waals surface area contributed by atoms with E-state index in [-0.39, 0.29) is 0 Å². The van der Waals surface area contributed by atoms with Crippen LogP contribution in [0.5, 0.6) is 5.88 Å². The molecular formula is C12H18N4O. The van der Waals surface area contributed by atoms with E-state index in [9.17, 15) is 0 Å². The summed E-state index contributed by atoms with van der Waals surface area (Å²) in [4.78, 5) is 9.29. The van der Waals surface area contributed by atoms with E-state index >= 15 is 0 Å². The van der Waals surface area contributed by atoms with Gasteiger partial charge in [-0.25, -0.2) is 4.98 Å². The summed E-state index contributed by atoms with van der Waals surface area (Å²) in [6.07, 6.45) is 2.24. The lowest BCUT2D eigenvalue weighted by atomic mass is 9.97. The number of rotatable bonds is 2. The van der Waals surface area contributed by atoms with Crippen LogP contribution in [0.4, 0.5) is 0 Å². The minimum absolute atomic E-state index is 0.482.